The fraction of sp³-hybridized carbons (Fsp3) is 0.606. The zero-order chi connectivity index (χ0) is 31.8. The van der Waals surface area contributed by atoms with Crippen molar-refractivity contribution >= 4 is 23.2 Å². The number of primary amides is 1. The van der Waals surface area contributed by atoms with Gasteiger partial charge in [0.25, 0.3) is 5.91 Å². The molecule has 2 saturated carbocycles. The normalized spacial score (nSPS) is 31.4. The van der Waals surface area contributed by atoms with E-state index in [9.17, 15) is 39.9 Å². The number of aliphatic hydroxyl groups is 4. The molecule has 234 valence electrons. The fourth-order valence-electron chi connectivity index (χ4n) is 8.43. The quantitative estimate of drug-likeness (QED) is 0.258. The molecule has 0 heterocycles. The highest BCUT2D eigenvalue weighted by molar-refractivity contribution is 6.24. The van der Waals surface area contributed by atoms with E-state index >= 15 is 0 Å². The number of hydrogen-bond acceptors (Lipinski definition) is 9. The van der Waals surface area contributed by atoms with Crippen LogP contribution < -0.4 is 5.73 Å². The molecule has 0 saturated heterocycles. The monoisotopic (exact) mass is 596 g/mol. The van der Waals surface area contributed by atoms with E-state index in [0.717, 1.165) is 25.2 Å². The zero-order valence-electron chi connectivity index (χ0n) is 25.6. The van der Waals surface area contributed by atoms with E-state index in [-0.39, 0.29) is 16.9 Å². The maximum Gasteiger partial charge on any atom is 0.255 e. The molecule has 43 heavy (non-hydrogen) atoms. The summed E-state index contributed by atoms with van der Waals surface area (Å²) in [5.74, 6) is -7.97. The van der Waals surface area contributed by atoms with Crippen LogP contribution in [-0.4, -0.2) is 79.7 Å². The van der Waals surface area contributed by atoms with Crippen molar-refractivity contribution in [3.63, 3.8) is 0 Å². The minimum absolute atomic E-state index is 0.0392. The van der Waals surface area contributed by atoms with Gasteiger partial charge < -0.3 is 31.3 Å². The fourth-order valence-corrected chi connectivity index (χ4v) is 8.43. The van der Waals surface area contributed by atoms with Crippen molar-refractivity contribution in [2.24, 2.45) is 23.5 Å². The highest BCUT2D eigenvalue weighted by Gasteiger charge is 2.68. The van der Waals surface area contributed by atoms with Gasteiger partial charge in [0.1, 0.15) is 22.8 Å². The molecule has 0 bridgehead atoms. The molecule has 4 aliphatic rings. The van der Waals surface area contributed by atoms with E-state index in [1.165, 1.54) is 44.7 Å². The SMILES string of the molecule is C[C@@H]1c2ccc(C(C)(C)CCCC3CCCC3)c(O)c2C(O)=C2C(=O)[C@@]3(O)C(O)=C(C(N)=O)C(=O)[C@H](N(C)C)[C@H]3[C@H](O)[C@H]21. The van der Waals surface area contributed by atoms with Crippen LogP contribution in [0.1, 0.15) is 88.3 Å². The van der Waals surface area contributed by atoms with Crippen LogP contribution in [0.4, 0.5) is 0 Å². The summed E-state index contributed by atoms with van der Waals surface area (Å²) in [6.45, 7) is 5.79. The largest absolute Gasteiger partial charge is 0.508 e. The number of carbonyl (C=O) groups excluding carboxylic acids is 3. The van der Waals surface area contributed by atoms with Gasteiger partial charge in [0.05, 0.1) is 23.6 Å². The highest BCUT2D eigenvalue weighted by Crippen LogP contribution is 2.57. The van der Waals surface area contributed by atoms with Crippen molar-refractivity contribution in [1.82, 2.24) is 4.90 Å². The van der Waals surface area contributed by atoms with Crippen molar-refractivity contribution in [2.45, 2.75) is 94.8 Å². The van der Waals surface area contributed by atoms with Crippen molar-refractivity contribution in [3.05, 3.63) is 45.7 Å². The molecule has 5 rings (SSSR count). The van der Waals surface area contributed by atoms with Gasteiger partial charge in [-0.05, 0) is 43.3 Å². The lowest BCUT2D eigenvalue weighted by molar-refractivity contribution is -0.169. The summed E-state index contributed by atoms with van der Waals surface area (Å²) in [5.41, 5.74) is 1.86. The summed E-state index contributed by atoms with van der Waals surface area (Å²) in [4.78, 5) is 41.1. The van der Waals surface area contributed by atoms with Gasteiger partial charge in [0, 0.05) is 17.1 Å². The summed E-state index contributed by atoms with van der Waals surface area (Å²) in [7, 11) is 2.97. The second-order valence-corrected chi connectivity index (χ2v) is 13.9. The summed E-state index contributed by atoms with van der Waals surface area (Å²) >= 11 is 0. The predicted octanol–water partition coefficient (Wildman–Crippen LogP) is 3.13. The number of rotatable bonds is 7. The molecule has 0 aromatic heterocycles. The van der Waals surface area contributed by atoms with Crippen LogP contribution in [0.25, 0.3) is 5.76 Å². The van der Waals surface area contributed by atoms with Crippen LogP contribution in [0.5, 0.6) is 5.75 Å². The molecule has 0 aliphatic heterocycles. The second-order valence-electron chi connectivity index (χ2n) is 13.9. The summed E-state index contributed by atoms with van der Waals surface area (Å²) in [5, 5.41) is 58.0. The molecule has 2 fully saturated rings. The van der Waals surface area contributed by atoms with Gasteiger partial charge in [0.2, 0.25) is 5.78 Å². The number of benzene rings is 1. The summed E-state index contributed by atoms with van der Waals surface area (Å²) in [6.07, 6.45) is 6.37. The molecule has 10 heteroatoms. The average Bonchev–Trinajstić information content (AvgIpc) is 3.43. The number of aromatic hydroxyl groups is 1. The molecule has 10 nitrogen and oxygen atoms in total. The van der Waals surface area contributed by atoms with Crippen molar-refractivity contribution in [1.29, 1.82) is 0 Å². The topological polar surface area (TPSA) is 182 Å². The first kappa shape index (κ1) is 31.2. The number of nitrogens with zero attached hydrogens (tertiary/aromatic N) is 1. The molecule has 1 aromatic carbocycles. The number of phenols is 1. The van der Waals surface area contributed by atoms with Gasteiger partial charge in [-0.25, -0.2) is 0 Å². The molecule has 1 amide bonds. The first-order chi connectivity index (χ1) is 20.1. The molecule has 4 aliphatic carbocycles. The number of likely N-dealkylation sites (N-methyl/N-ethyl adjacent to an activating group) is 1. The number of Topliss-reactive ketones (excluding diaryl/α,β-unsaturated/α-hetero) is 2. The van der Waals surface area contributed by atoms with Crippen molar-refractivity contribution < 1.29 is 39.9 Å². The Morgan fingerprint density at radius 3 is 2.33 bits per heavy atom. The standard InChI is InChI=1S/C33H44N2O8/c1-15-17-12-13-18(32(2,3)14-8-11-16-9-6-7-10-16)25(36)20(17)26(37)21-19(15)27(38)23-24(35(4)5)28(39)22(31(34)42)30(41)33(23,43)29(21)40/h12-13,15-16,19,23-24,27,36-38,41,43H,6-11,14H2,1-5H3,(H2,34,42)/t15-,19+,23+,24-,27-,33-/m1/s1. The van der Waals surface area contributed by atoms with Gasteiger partial charge in [-0.2, -0.15) is 0 Å². The summed E-state index contributed by atoms with van der Waals surface area (Å²) < 4.78 is 0. The van der Waals surface area contributed by atoms with Crippen LogP contribution in [0.2, 0.25) is 0 Å². The molecule has 0 spiro atoms. The van der Waals surface area contributed by atoms with E-state index in [1.54, 1.807) is 13.0 Å². The Morgan fingerprint density at radius 1 is 1.12 bits per heavy atom. The van der Waals surface area contributed by atoms with Gasteiger partial charge in [-0.1, -0.05) is 71.4 Å². The second kappa shape index (κ2) is 10.7. The predicted molar refractivity (Wildman–Crippen MR) is 159 cm³/mol. The van der Waals surface area contributed by atoms with E-state index in [2.05, 4.69) is 0 Å². The number of carbonyl (C=O) groups is 3. The van der Waals surface area contributed by atoms with Crippen LogP contribution in [0, 0.1) is 17.8 Å². The Balaban J connectivity index is 1.62. The smallest absolute Gasteiger partial charge is 0.255 e. The number of aliphatic hydroxyl groups excluding tert-OH is 3. The molecule has 0 radical (unpaired) electrons. The maximum atomic E-state index is 14.2. The van der Waals surface area contributed by atoms with Gasteiger partial charge in [-0.3, -0.25) is 19.3 Å². The third kappa shape index (κ3) is 4.52. The number of ketones is 2. The minimum atomic E-state index is -2.92. The minimum Gasteiger partial charge on any atom is -0.508 e. The first-order valence-corrected chi connectivity index (χ1v) is 15.3. The van der Waals surface area contributed by atoms with Gasteiger partial charge >= 0.3 is 0 Å². The van der Waals surface area contributed by atoms with Crippen molar-refractivity contribution in [2.75, 3.05) is 14.1 Å². The lowest BCUT2D eigenvalue weighted by atomic mass is 9.54. The Hall–Kier alpha value is -3.21. The van der Waals surface area contributed by atoms with Crippen LogP contribution in [-0.2, 0) is 19.8 Å². The molecule has 1 aromatic rings. The molecule has 7 N–H and O–H groups in total. The van der Waals surface area contributed by atoms with Crippen molar-refractivity contribution in [3.8, 4) is 5.75 Å². The van der Waals surface area contributed by atoms with Crippen LogP contribution in [0.15, 0.2) is 29.0 Å². The Kier molecular flexibility index (Phi) is 7.80. The maximum absolute atomic E-state index is 14.2. The lowest BCUT2D eigenvalue weighted by Gasteiger charge is -2.53. The van der Waals surface area contributed by atoms with E-state index in [4.69, 9.17) is 5.73 Å². The summed E-state index contributed by atoms with van der Waals surface area (Å²) in [6, 6.07) is 2.24. The number of amides is 1. The van der Waals surface area contributed by atoms with E-state index in [0.29, 0.717) is 11.1 Å². The Bertz CT molecular complexity index is 1440. The molecule has 6 atom stereocenters. The first-order valence-electron chi connectivity index (χ1n) is 15.3. The third-order valence-electron chi connectivity index (χ3n) is 10.7. The van der Waals surface area contributed by atoms with Crippen LogP contribution in [0.3, 0.4) is 0 Å². The molecule has 0 unspecified atom stereocenters. The number of nitrogens with two attached hydrogens (primary N) is 1. The number of fused-ring (bicyclic) bond motifs is 3. The van der Waals surface area contributed by atoms with Gasteiger partial charge in [0.15, 0.2) is 11.4 Å². The van der Waals surface area contributed by atoms with Gasteiger partial charge in [-0.15, -0.1) is 0 Å². The molecular formula is C33H44N2O8. The Morgan fingerprint density at radius 2 is 1.74 bits per heavy atom. The van der Waals surface area contributed by atoms with Crippen LogP contribution >= 0.6 is 0 Å². The average molecular weight is 597 g/mol. The zero-order valence-corrected chi connectivity index (χ0v) is 25.6. The number of phenolic OH excluding ortho intramolecular Hbond substituents is 1. The highest BCUT2D eigenvalue weighted by atomic mass is 16.4. The van der Waals surface area contributed by atoms with E-state index in [1.807, 2.05) is 19.9 Å². The number of hydrogen-bond donors (Lipinski definition) is 6. The molecular weight excluding hydrogens is 552 g/mol. The lowest BCUT2D eigenvalue weighted by Crippen LogP contribution is -2.70. The Labute approximate surface area is 251 Å². The van der Waals surface area contributed by atoms with E-state index < -0.39 is 75.5 Å². The third-order valence-corrected chi connectivity index (χ3v) is 10.7.